The monoisotopic (exact) mass is 211 g/mol. The first-order valence-corrected chi connectivity index (χ1v) is 7.38. The van der Waals surface area contributed by atoms with Gasteiger partial charge in [0.15, 0.2) is 0 Å². The first-order valence-electron chi connectivity index (χ1n) is 6.23. The number of rotatable bonds is 3. The topological polar surface area (TPSA) is 12.0 Å². The van der Waals surface area contributed by atoms with Crippen LogP contribution in [0.1, 0.15) is 32.1 Å². The van der Waals surface area contributed by atoms with Crippen LogP contribution in [0.5, 0.6) is 0 Å². The van der Waals surface area contributed by atoms with Gasteiger partial charge in [-0.1, -0.05) is 6.42 Å². The molecular weight excluding hydrogens is 190 g/mol. The summed E-state index contributed by atoms with van der Waals surface area (Å²) in [5, 5.41) is 3.84. The molecule has 3 fully saturated rings. The van der Waals surface area contributed by atoms with Crippen LogP contribution >= 0.6 is 11.8 Å². The number of thioether (sulfide) groups is 1. The maximum atomic E-state index is 3.84. The molecule has 80 valence electrons. The van der Waals surface area contributed by atoms with Crippen LogP contribution in [0.25, 0.3) is 0 Å². The largest absolute Gasteiger partial charge is 0.313 e. The van der Waals surface area contributed by atoms with Crippen molar-refractivity contribution in [3.8, 4) is 0 Å². The third kappa shape index (κ3) is 1.83. The normalized spacial score (nSPS) is 46.3. The van der Waals surface area contributed by atoms with Crippen molar-refractivity contribution in [2.45, 2.75) is 38.1 Å². The van der Waals surface area contributed by atoms with Crippen LogP contribution in [-0.2, 0) is 0 Å². The van der Waals surface area contributed by atoms with Gasteiger partial charge in [0.1, 0.15) is 0 Å². The van der Waals surface area contributed by atoms with E-state index in [0.717, 1.165) is 23.8 Å². The molecule has 3 rings (SSSR count). The summed E-state index contributed by atoms with van der Waals surface area (Å²) in [6.45, 7) is 1.31. The molecule has 0 amide bonds. The van der Waals surface area contributed by atoms with Crippen LogP contribution in [0.4, 0.5) is 0 Å². The van der Waals surface area contributed by atoms with Gasteiger partial charge in [-0.2, -0.15) is 11.8 Å². The van der Waals surface area contributed by atoms with E-state index in [9.17, 15) is 0 Å². The molecule has 1 aliphatic heterocycles. The van der Waals surface area contributed by atoms with Crippen molar-refractivity contribution in [3.05, 3.63) is 0 Å². The molecule has 4 unspecified atom stereocenters. The molecule has 1 heterocycles. The quantitative estimate of drug-likeness (QED) is 0.770. The minimum atomic E-state index is 0.902. The highest BCUT2D eigenvalue weighted by Crippen LogP contribution is 2.44. The maximum Gasteiger partial charge on any atom is 0.00981 e. The van der Waals surface area contributed by atoms with E-state index < -0.39 is 0 Å². The summed E-state index contributed by atoms with van der Waals surface area (Å²) in [4.78, 5) is 0. The van der Waals surface area contributed by atoms with E-state index in [-0.39, 0.29) is 0 Å². The highest BCUT2D eigenvalue weighted by atomic mass is 32.2. The third-order valence-electron chi connectivity index (χ3n) is 4.43. The molecule has 3 aliphatic rings. The predicted molar refractivity (Wildman–Crippen MR) is 62.7 cm³/mol. The van der Waals surface area contributed by atoms with E-state index in [2.05, 4.69) is 17.1 Å². The molecule has 2 saturated carbocycles. The number of nitrogens with one attached hydrogen (secondary N) is 1. The number of hydrogen-bond donors (Lipinski definition) is 1. The Balaban J connectivity index is 1.44. The Labute approximate surface area is 91.4 Å². The highest BCUT2D eigenvalue weighted by Gasteiger charge is 2.39. The Morgan fingerprint density at radius 1 is 1.14 bits per heavy atom. The van der Waals surface area contributed by atoms with E-state index in [1.165, 1.54) is 50.2 Å². The lowest BCUT2D eigenvalue weighted by atomic mass is 9.95. The van der Waals surface area contributed by atoms with Crippen LogP contribution in [0.3, 0.4) is 0 Å². The van der Waals surface area contributed by atoms with Crippen LogP contribution in [0.15, 0.2) is 0 Å². The van der Waals surface area contributed by atoms with Crippen molar-refractivity contribution in [1.82, 2.24) is 5.32 Å². The lowest BCUT2D eigenvalue weighted by Gasteiger charge is -2.24. The van der Waals surface area contributed by atoms with E-state index >= 15 is 0 Å². The van der Waals surface area contributed by atoms with Crippen molar-refractivity contribution in [3.63, 3.8) is 0 Å². The van der Waals surface area contributed by atoms with E-state index in [0.29, 0.717) is 0 Å². The molecular formula is C12H21NS. The summed E-state index contributed by atoms with van der Waals surface area (Å²) >= 11 is 2.14. The fourth-order valence-corrected chi connectivity index (χ4v) is 4.84. The first-order chi connectivity index (χ1) is 6.92. The number of hydrogen-bond acceptors (Lipinski definition) is 2. The highest BCUT2D eigenvalue weighted by molar-refractivity contribution is 7.99. The lowest BCUT2D eigenvalue weighted by molar-refractivity contribution is 0.335. The Kier molecular flexibility index (Phi) is 2.76. The molecule has 0 spiro atoms. The molecule has 2 heteroatoms. The molecule has 2 aliphatic carbocycles. The van der Waals surface area contributed by atoms with E-state index in [1.54, 1.807) is 0 Å². The molecule has 4 atom stereocenters. The van der Waals surface area contributed by atoms with Gasteiger partial charge in [0.2, 0.25) is 0 Å². The zero-order chi connectivity index (χ0) is 9.38. The maximum absolute atomic E-state index is 3.84. The van der Waals surface area contributed by atoms with Crippen LogP contribution in [0.2, 0.25) is 0 Å². The minimum absolute atomic E-state index is 0.902. The average Bonchev–Trinajstić information content (AvgIpc) is 2.91. The third-order valence-corrected chi connectivity index (χ3v) is 5.66. The Morgan fingerprint density at radius 3 is 2.79 bits per heavy atom. The fraction of sp³-hybridized carbons (Fsp3) is 1.00. The zero-order valence-electron chi connectivity index (χ0n) is 8.87. The summed E-state index contributed by atoms with van der Waals surface area (Å²) in [7, 11) is 0. The Hall–Kier alpha value is 0.310. The summed E-state index contributed by atoms with van der Waals surface area (Å²) in [5.74, 6) is 5.94. The van der Waals surface area contributed by atoms with Gasteiger partial charge in [-0.15, -0.1) is 0 Å². The van der Waals surface area contributed by atoms with Gasteiger partial charge >= 0.3 is 0 Å². The van der Waals surface area contributed by atoms with Gasteiger partial charge < -0.3 is 5.32 Å². The van der Waals surface area contributed by atoms with Crippen molar-refractivity contribution in [2.75, 3.05) is 18.1 Å². The summed E-state index contributed by atoms with van der Waals surface area (Å²) < 4.78 is 0. The van der Waals surface area contributed by atoms with Gasteiger partial charge in [0.05, 0.1) is 0 Å². The van der Waals surface area contributed by atoms with Gasteiger partial charge in [0.25, 0.3) is 0 Å². The van der Waals surface area contributed by atoms with Crippen molar-refractivity contribution >= 4 is 11.8 Å². The zero-order valence-corrected chi connectivity index (χ0v) is 9.69. The van der Waals surface area contributed by atoms with E-state index in [1.807, 2.05) is 0 Å². The Morgan fingerprint density at radius 2 is 2.14 bits per heavy atom. The second-order valence-corrected chi connectivity index (χ2v) is 6.57. The molecule has 1 N–H and O–H groups in total. The van der Waals surface area contributed by atoms with Gasteiger partial charge in [-0.05, 0) is 61.5 Å². The molecule has 0 aromatic rings. The molecule has 0 aromatic carbocycles. The Bertz CT molecular complexity index is 200. The molecule has 14 heavy (non-hydrogen) atoms. The first kappa shape index (κ1) is 9.53. The lowest BCUT2D eigenvalue weighted by Crippen LogP contribution is -2.37. The van der Waals surface area contributed by atoms with Crippen molar-refractivity contribution < 1.29 is 0 Å². The smallest absolute Gasteiger partial charge is 0.00981 e. The second-order valence-electron chi connectivity index (χ2n) is 5.42. The summed E-state index contributed by atoms with van der Waals surface area (Å²) in [6, 6.07) is 0.902. The molecule has 1 nitrogen and oxygen atoms in total. The fourth-order valence-electron chi connectivity index (χ4n) is 3.56. The minimum Gasteiger partial charge on any atom is -0.313 e. The van der Waals surface area contributed by atoms with Crippen LogP contribution < -0.4 is 5.32 Å². The number of fused-ring (bicyclic) bond motifs is 2. The molecule has 1 saturated heterocycles. The van der Waals surface area contributed by atoms with Crippen LogP contribution in [0, 0.1) is 17.8 Å². The van der Waals surface area contributed by atoms with Crippen molar-refractivity contribution in [1.29, 1.82) is 0 Å². The van der Waals surface area contributed by atoms with Gasteiger partial charge in [0, 0.05) is 6.04 Å². The summed E-state index contributed by atoms with van der Waals surface area (Å²) in [5.41, 5.74) is 0. The molecule has 2 bridgehead atoms. The molecule has 0 aromatic heterocycles. The molecule has 0 radical (unpaired) electrons. The average molecular weight is 211 g/mol. The van der Waals surface area contributed by atoms with Crippen molar-refractivity contribution in [2.24, 2.45) is 17.8 Å². The second kappa shape index (κ2) is 4.05. The van der Waals surface area contributed by atoms with E-state index in [4.69, 9.17) is 0 Å². The SMILES string of the molecule is C1CC(CNC2CC3CCC2C3)CS1. The van der Waals surface area contributed by atoms with Gasteiger partial charge in [-0.3, -0.25) is 0 Å². The van der Waals surface area contributed by atoms with Gasteiger partial charge in [-0.25, -0.2) is 0 Å². The summed E-state index contributed by atoms with van der Waals surface area (Å²) in [6.07, 6.45) is 7.53. The van der Waals surface area contributed by atoms with Crippen LogP contribution in [-0.4, -0.2) is 24.1 Å². The standard InChI is InChI=1S/C12H21NS/c1-2-11-5-9(1)6-12(11)13-7-10-3-4-14-8-10/h9-13H,1-8H2. The predicted octanol–water partition coefficient (Wildman–Crippen LogP) is 2.52.